The lowest BCUT2D eigenvalue weighted by molar-refractivity contribution is 0.0990. The number of allylic oxidation sites excluding steroid dienone is 1. The molecule has 6 aromatic rings. The van der Waals surface area contributed by atoms with Gasteiger partial charge in [0, 0.05) is 41.8 Å². The topological polar surface area (TPSA) is 69.8 Å². The van der Waals surface area contributed by atoms with E-state index in [0.29, 0.717) is 16.8 Å². The number of benzene rings is 3. The molecule has 0 spiro atoms. The van der Waals surface area contributed by atoms with Gasteiger partial charge in [-0.3, -0.25) is 19.1 Å². The molecule has 6 heteroatoms. The monoisotopic (exact) mass is 480 g/mol. The normalized spacial score (nSPS) is 13.1. The zero-order chi connectivity index (χ0) is 25.1. The summed E-state index contributed by atoms with van der Waals surface area (Å²) in [6.45, 7) is 0. The molecule has 0 unspecified atom stereocenters. The molecule has 0 aliphatic heterocycles. The average molecular weight is 481 g/mol. The number of hydrogen-bond acceptors (Lipinski definition) is 4. The van der Waals surface area contributed by atoms with E-state index in [0.717, 1.165) is 39.0 Å². The van der Waals surface area contributed by atoms with Crippen LogP contribution in [0.5, 0.6) is 0 Å². The summed E-state index contributed by atoms with van der Waals surface area (Å²) in [6, 6.07) is 27.1. The molecule has 0 saturated heterocycles. The second-order valence-corrected chi connectivity index (χ2v) is 9.15. The first-order valence-corrected chi connectivity index (χ1v) is 12.0. The molecule has 37 heavy (non-hydrogen) atoms. The number of carbonyl (C=O) groups excluding carboxylic acids is 2. The molecule has 7 rings (SSSR count). The summed E-state index contributed by atoms with van der Waals surface area (Å²) in [4.78, 5) is 36.1. The van der Waals surface area contributed by atoms with Gasteiger partial charge in [-0.1, -0.05) is 42.5 Å². The number of carbonyl (C=O) groups is 2. The Hall–Kier alpha value is -5.10. The van der Waals surface area contributed by atoms with Crippen LogP contribution in [0.3, 0.4) is 0 Å². The molecule has 1 aliphatic carbocycles. The van der Waals surface area contributed by atoms with Crippen LogP contribution in [0.25, 0.3) is 45.1 Å². The molecule has 0 fully saturated rings. The van der Waals surface area contributed by atoms with Crippen molar-refractivity contribution in [2.45, 2.75) is 0 Å². The maximum Gasteiger partial charge on any atom is 0.197 e. The van der Waals surface area contributed by atoms with Crippen LogP contribution in [-0.2, 0) is 7.05 Å². The van der Waals surface area contributed by atoms with Crippen LogP contribution in [0.4, 0.5) is 0 Å². The average Bonchev–Trinajstić information content (AvgIpc) is 3.53. The van der Waals surface area contributed by atoms with Gasteiger partial charge < -0.3 is 4.57 Å². The quantitative estimate of drug-likeness (QED) is 0.229. The van der Waals surface area contributed by atoms with Gasteiger partial charge in [-0.25, -0.2) is 4.98 Å². The van der Waals surface area contributed by atoms with Crippen molar-refractivity contribution in [3.05, 3.63) is 120 Å². The summed E-state index contributed by atoms with van der Waals surface area (Å²) >= 11 is 0. The molecule has 3 heterocycles. The molecule has 176 valence electrons. The molecule has 1 aliphatic rings. The van der Waals surface area contributed by atoms with Gasteiger partial charge in [0.15, 0.2) is 17.2 Å². The van der Waals surface area contributed by atoms with Crippen molar-refractivity contribution in [1.29, 1.82) is 0 Å². The highest BCUT2D eigenvalue weighted by Gasteiger charge is 2.34. The van der Waals surface area contributed by atoms with Gasteiger partial charge in [0.25, 0.3) is 0 Å². The molecular formula is C31H20N4O2. The first-order valence-electron chi connectivity index (χ1n) is 12.0. The molecule has 6 nitrogen and oxygen atoms in total. The number of hydrogen-bond donors (Lipinski definition) is 0. The van der Waals surface area contributed by atoms with Crippen molar-refractivity contribution >= 4 is 39.6 Å². The Labute approximate surface area is 212 Å². The number of ketones is 2. The summed E-state index contributed by atoms with van der Waals surface area (Å²) < 4.78 is 4.00. The fourth-order valence-electron chi connectivity index (χ4n) is 5.15. The fourth-order valence-corrected chi connectivity index (χ4v) is 5.15. The summed E-state index contributed by atoms with van der Waals surface area (Å²) in [5.41, 5.74) is 5.20. The van der Waals surface area contributed by atoms with Crippen LogP contribution in [0.1, 0.15) is 26.4 Å². The number of Topliss-reactive ketones (excluding diaryl/α,β-unsaturated/α-hetero) is 2. The Morgan fingerprint density at radius 3 is 2.11 bits per heavy atom. The zero-order valence-corrected chi connectivity index (χ0v) is 19.9. The van der Waals surface area contributed by atoms with Gasteiger partial charge in [-0.15, -0.1) is 0 Å². The molecular weight excluding hydrogens is 460 g/mol. The van der Waals surface area contributed by atoms with Crippen molar-refractivity contribution < 1.29 is 9.59 Å². The molecule has 3 aromatic heterocycles. The Bertz CT molecular complexity index is 1860. The summed E-state index contributed by atoms with van der Waals surface area (Å²) in [5.74, 6) is 0.286. The third-order valence-electron chi connectivity index (χ3n) is 6.97. The Balaban J connectivity index is 1.43. The van der Waals surface area contributed by atoms with Crippen molar-refractivity contribution in [1.82, 2.24) is 19.1 Å². The van der Waals surface area contributed by atoms with E-state index in [9.17, 15) is 9.59 Å². The number of pyridine rings is 1. The van der Waals surface area contributed by atoms with E-state index < -0.39 is 0 Å². The van der Waals surface area contributed by atoms with Gasteiger partial charge >= 0.3 is 0 Å². The molecule has 0 bridgehead atoms. The summed E-state index contributed by atoms with van der Waals surface area (Å²) in [5, 5.41) is 1.88. The van der Waals surface area contributed by atoms with Crippen LogP contribution >= 0.6 is 0 Å². The Kier molecular flexibility index (Phi) is 4.56. The molecule has 0 radical (unpaired) electrons. The third kappa shape index (κ3) is 3.19. The molecule has 3 aromatic carbocycles. The minimum atomic E-state index is -0.250. The van der Waals surface area contributed by atoms with E-state index in [4.69, 9.17) is 4.98 Å². The number of nitrogens with zero attached hydrogens (tertiary/aromatic N) is 4. The number of rotatable bonds is 3. The highest BCUT2D eigenvalue weighted by Crippen LogP contribution is 2.34. The lowest BCUT2D eigenvalue weighted by Crippen LogP contribution is -2.03. The van der Waals surface area contributed by atoms with Crippen LogP contribution < -0.4 is 0 Å². The third-order valence-corrected chi connectivity index (χ3v) is 6.97. The molecule has 0 saturated carbocycles. The number of fused-ring (bicyclic) bond motifs is 3. The second kappa shape index (κ2) is 7.96. The van der Waals surface area contributed by atoms with Gasteiger partial charge in [-0.2, -0.15) is 0 Å². The van der Waals surface area contributed by atoms with E-state index >= 15 is 0 Å². The van der Waals surface area contributed by atoms with E-state index in [1.165, 1.54) is 0 Å². The van der Waals surface area contributed by atoms with Crippen molar-refractivity contribution in [3.63, 3.8) is 0 Å². The minimum absolute atomic E-state index is 0.165. The Morgan fingerprint density at radius 2 is 1.46 bits per heavy atom. The first-order chi connectivity index (χ1) is 18.1. The van der Waals surface area contributed by atoms with Crippen molar-refractivity contribution in [3.8, 4) is 17.1 Å². The number of aryl methyl sites for hydroxylation is 1. The van der Waals surface area contributed by atoms with Crippen LogP contribution in [0.15, 0.2) is 103 Å². The highest BCUT2D eigenvalue weighted by atomic mass is 16.2. The van der Waals surface area contributed by atoms with E-state index in [1.807, 2.05) is 101 Å². The largest absolute Gasteiger partial charge is 0.326 e. The molecule has 0 atom stereocenters. The fraction of sp³-hybridized carbons (Fsp3) is 0.0323. The number of aromatic nitrogens is 4. The van der Waals surface area contributed by atoms with Gasteiger partial charge in [0.1, 0.15) is 5.82 Å². The lowest BCUT2D eigenvalue weighted by atomic mass is 10.0. The zero-order valence-electron chi connectivity index (χ0n) is 19.9. The van der Waals surface area contributed by atoms with Gasteiger partial charge in [-0.05, 0) is 59.3 Å². The maximum atomic E-state index is 13.4. The Morgan fingerprint density at radius 1 is 0.784 bits per heavy atom. The molecule has 0 amide bonds. The molecule has 0 N–H and O–H groups in total. The number of para-hydroxylation sites is 1. The standard InChI is InChI=1S/C31H20N4O2/c1-34-27-17-23(16-26-28(36)24-14-19-8-5-6-9-20(19)15-25(24)29(26)37)35(22-11-3-2-4-12-22)31(27)33-30(34)21-10-7-13-32-18-21/h2-18H,1H3. The lowest BCUT2D eigenvalue weighted by Gasteiger charge is -2.08. The number of imidazole rings is 1. The van der Waals surface area contributed by atoms with Crippen LogP contribution in [0.2, 0.25) is 0 Å². The maximum absolute atomic E-state index is 13.4. The summed E-state index contributed by atoms with van der Waals surface area (Å²) in [7, 11) is 1.96. The van der Waals surface area contributed by atoms with E-state index in [-0.39, 0.29) is 17.1 Å². The predicted molar refractivity (Wildman–Crippen MR) is 144 cm³/mol. The van der Waals surface area contributed by atoms with E-state index in [1.54, 1.807) is 18.5 Å². The van der Waals surface area contributed by atoms with Crippen LogP contribution in [-0.4, -0.2) is 30.7 Å². The van der Waals surface area contributed by atoms with E-state index in [2.05, 4.69) is 4.98 Å². The first kappa shape index (κ1) is 21.2. The van der Waals surface area contributed by atoms with Crippen molar-refractivity contribution in [2.75, 3.05) is 0 Å². The smallest absolute Gasteiger partial charge is 0.197 e. The predicted octanol–water partition coefficient (Wildman–Crippen LogP) is 6.04. The minimum Gasteiger partial charge on any atom is -0.326 e. The summed E-state index contributed by atoms with van der Waals surface area (Å²) in [6.07, 6.45) is 5.22. The highest BCUT2D eigenvalue weighted by molar-refractivity contribution is 6.42. The van der Waals surface area contributed by atoms with Gasteiger partial charge in [0.05, 0.1) is 16.8 Å². The second-order valence-electron chi connectivity index (χ2n) is 9.15. The SMILES string of the molecule is Cn1c(-c2cccnc2)nc2c1cc(C=C1C(=O)c3cc4ccccc4cc3C1=O)n2-c1ccccc1. The van der Waals surface area contributed by atoms with Crippen LogP contribution in [0, 0.1) is 0 Å². The van der Waals surface area contributed by atoms with Crippen molar-refractivity contribution in [2.24, 2.45) is 7.05 Å². The van der Waals surface area contributed by atoms with Gasteiger partial charge in [0.2, 0.25) is 0 Å².